The smallest absolute Gasteiger partial charge is 0.320 e. The molecule has 0 bridgehead atoms. The van der Waals surface area contributed by atoms with Crippen LogP contribution >= 0.6 is 0 Å². The zero-order valence-corrected chi connectivity index (χ0v) is 16.0. The molecule has 2 aromatic heterocycles. The second kappa shape index (κ2) is 8.02. The lowest BCUT2D eigenvalue weighted by Gasteiger charge is -2.15. The van der Waals surface area contributed by atoms with Crippen molar-refractivity contribution >= 4 is 27.9 Å². The van der Waals surface area contributed by atoms with Gasteiger partial charge in [0, 0.05) is 5.39 Å². The zero-order chi connectivity index (χ0) is 21.3. The van der Waals surface area contributed by atoms with Crippen LogP contribution in [-0.2, 0) is 16.1 Å². The van der Waals surface area contributed by atoms with Crippen molar-refractivity contribution in [1.82, 2.24) is 19.3 Å². The second-order valence-corrected chi connectivity index (χ2v) is 6.74. The Morgan fingerprint density at radius 1 is 1.10 bits per heavy atom. The molecule has 4 aromatic rings. The summed E-state index contributed by atoms with van der Waals surface area (Å²) >= 11 is 0. The standard InChI is InChI=1S/C21H18F2N4O3/c1-13(20-25-15-7-3-5-9-17(15)27(20)21(22)23)30-19(29)10-11-26-16-8-4-2-6-14(16)18(28)12-24-26/h2-9,12-13,21H,10-11H2,1H3. The number of hydrogen-bond acceptors (Lipinski definition) is 5. The normalized spacial score (nSPS) is 12.5. The number of alkyl halides is 2. The minimum atomic E-state index is -2.81. The fraction of sp³-hybridized carbons (Fsp3) is 0.238. The van der Waals surface area contributed by atoms with Crippen LogP contribution in [0.25, 0.3) is 21.9 Å². The topological polar surface area (TPSA) is 79.0 Å². The van der Waals surface area contributed by atoms with Gasteiger partial charge in [0.1, 0.15) is 0 Å². The molecule has 0 N–H and O–H groups in total. The van der Waals surface area contributed by atoms with Gasteiger partial charge in [-0.1, -0.05) is 24.3 Å². The molecule has 9 heteroatoms. The van der Waals surface area contributed by atoms with Gasteiger partial charge in [0.15, 0.2) is 11.9 Å². The number of para-hydroxylation sites is 3. The van der Waals surface area contributed by atoms with Crippen molar-refractivity contribution in [2.75, 3.05) is 0 Å². The molecule has 0 radical (unpaired) electrons. The third-order valence-corrected chi connectivity index (χ3v) is 4.78. The van der Waals surface area contributed by atoms with Gasteiger partial charge < -0.3 is 4.74 Å². The molecular weight excluding hydrogens is 394 g/mol. The Bertz CT molecular complexity index is 1280. The summed E-state index contributed by atoms with van der Waals surface area (Å²) in [6.07, 6.45) is 0.193. The van der Waals surface area contributed by atoms with Crippen molar-refractivity contribution in [3.8, 4) is 0 Å². The molecule has 2 aromatic carbocycles. The number of carbonyl (C=O) groups is 1. The lowest BCUT2D eigenvalue weighted by molar-refractivity contribution is -0.149. The Balaban J connectivity index is 1.50. The Morgan fingerprint density at radius 2 is 1.80 bits per heavy atom. The molecule has 4 rings (SSSR count). The molecule has 2 heterocycles. The summed E-state index contributed by atoms with van der Waals surface area (Å²) in [7, 11) is 0. The van der Waals surface area contributed by atoms with Crippen LogP contribution in [0, 0.1) is 0 Å². The van der Waals surface area contributed by atoms with Crippen molar-refractivity contribution in [3.05, 3.63) is 70.8 Å². The first kappa shape index (κ1) is 19.7. The number of nitrogens with zero attached hydrogens (tertiary/aromatic N) is 4. The van der Waals surface area contributed by atoms with E-state index in [1.54, 1.807) is 48.5 Å². The summed E-state index contributed by atoms with van der Waals surface area (Å²) in [6, 6.07) is 13.5. The summed E-state index contributed by atoms with van der Waals surface area (Å²) in [5, 5.41) is 4.56. The molecule has 7 nitrogen and oxygen atoms in total. The molecule has 0 spiro atoms. The molecular formula is C21H18F2N4O3. The fourth-order valence-electron chi connectivity index (χ4n) is 3.40. The number of carbonyl (C=O) groups excluding carboxylic acids is 1. The number of hydrogen-bond donors (Lipinski definition) is 0. The minimum Gasteiger partial charge on any atom is -0.454 e. The van der Waals surface area contributed by atoms with Crippen LogP contribution in [0.15, 0.2) is 59.5 Å². The van der Waals surface area contributed by atoms with Crippen molar-refractivity contribution in [2.45, 2.75) is 32.5 Å². The first-order chi connectivity index (χ1) is 14.5. The third-order valence-electron chi connectivity index (χ3n) is 4.78. The molecule has 0 aliphatic heterocycles. The number of benzene rings is 2. The highest BCUT2D eigenvalue weighted by atomic mass is 19.3. The zero-order valence-electron chi connectivity index (χ0n) is 16.0. The number of halogens is 2. The molecule has 30 heavy (non-hydrogen) atoms. The predicted octanol–water partition coefficient (Wildman–Crippen LogP) is 3.84. The summed E-state index contributed by atoms with van der Waals surface area (Å²) in [5.41, 5.74) is 1.07. The summed E-state index contributed by atoms with van der Waals surface area (Å²) in [4.78, 5) is 28.5. The van der Waals surface area contributed by atoms with Gasteiger partial charge in [-0.2, -0.15) is 13.9 Å². The van der Waals surface area contributed by atoms with Gasteiger partial charge in [-0.25, -0.2) is 4.98 Å². The van der Waals surface area contributed by atoms with E-state index in [-0.39, 0.29) is 29.7 Å². The predicted molar refractivity (Wildman–Crippen MR) is 106 cm³/mol. The monoisotopic (exact) mass is 412 g/mol. The van der Waals surface area contributed by atoms with E-state index in [0.717, 1.165) is 4.57 Å². The van der Waals surface area contributed by atoms with E-state index >= 15 is 0 Å². The number of fused-ring (bicyclic) bond motifs is 2. The van der Waals surface area contributed by atoms with Crippen LogP contribution in [0.5, 0.6) is 0 Å². The average Bonchev–Trinajstić information content (AvgIpc) is 3.13. The lowest BCUT2D eigenvalue weighted by atomic mass is 10.2. The van der Waals surface area contributed by atoms with Gasteiger partial charge in [0.25, 0.3) is 0 Å². The van der Waals surface area contributed by atoms with E-state index in [9.17, 15) is 18.4 Å². The Kier molecular flexibility index (Phi) is 5.26. The van der Waals surface area contributed by atoms with E-state index in [0.29, 0.717) is 16.4 Å². The number of ether oxygens (including phenoxy) is 1. The Morgan fingerprint density at radius 3 is 2.57 bits per heavy atom. The van der Waals surface area contributed by atoms with Crippen LogP contribution in [0.3, 0.4) is 0 Å². The van der Waals surface area contributed by atoms with Gasteiger partial charge in [-0.15, -0.1) is 0 Å². The van der Waals surface area contributed by atoms with E-state index in [1.165, 1.54) is 17.8 Å². The van der Waals surface area contributed by atoms with E-state index < -0.39 is 18.6 Å². The van der Waals surface area contributed by atoms with Crippen molar-refractivity contribution in [1.29, 1.82) is 0 Å². The minimum absolute atomic E-state index is 0.0218. The Hall–Kier alpha value is -3.62. The van der Waals surface area contributed by atoms with Crippen LogP contribution in [0.4, 0.5) is 8.78 Å². The maximum absolute atomic E-state index is 13.6. The van der Waals surface area contributed by atoms with Gasteiger partial charge in [0.05, 0.1) is 35.7 Å². The molecule has 154 valence electrons. The molecule has 0 aliphatic rings. The third kappa shape index (κ3) is 3.66. The quantitative estimate of drug-likeness (QED) is 0.450. The molecule has 1 atom stereocenters. The van der Waals surface area contributed by atoms with Crippen LogP contribution in [0.1, 0.15) is 31.8 Å². The largest absolute Gasteiger partial charge is 0.454 e. The van der Waals surface area contributed by atoms with E-state index in [2.05, 4.69) is 10.1 Å². The number of esters is 1. The molecule has 1 unspecified atom stereocenters. The first-order valence-electron chi connectivity index (χ1n) is 9.35. The van der Waals surface area contributed by atoms with Gasteiger partial charge in [-0.05, 0) is 31.2 Å². The lowest BCUT2D eigenvalue weighted by Crippen LogP contribution is -2.18. The maximum Gasteiger partial charge on any atom is 0.320 e. The van der Waals surface area contributed by atoms with E-state index in [4.69, 9.17) is 4.74 Å². The SMILES string of the molecule is CC(OC(=O)CCn1ncc(=O)c2ccccc21)c1nc2ccccc2n1C(F)F. The molecule has 0 fully saturated rings. The van der Waals surface area contributed by atoms with Crippen LogP contribution < -0.4 is 5.43 Å². The summed E-state index contributed by atoms with van der Waals surface area (Å²) in [5.74, 6) is -0.605. The highest BCUT2D eigenvalue weighted by molar-refractivity contribution is 5.78. The first-order valence-corrected chi connectivity index (χ1v) is 9.35. The second-order valence-electron chi connectivity index (χ2n) is 6.74. The highest BCUT2D eigenvalue weighted by Crippen LogP contribution is 2.28. The van der Waals surface area contributed by atoms with E-state index in [1.807, 2.05) is 0 Å². The van der Waals surface area contributed by atoms with Gasteiger partial charge in [-0.3, -0.25) is 18.8 Å². The maximum atomic E-state index is 13.6. The van der Waals surface area contributed by atoms with Crippen molar-refractivity contribution < 1.29 is 18.3 Å². The Labute approximate surface area is 169 Å². The summed E-state index contributed by atoms with van der Waals surface area (Å²) in [6.45, 7) is -1.13. The molecule has 0 aliphatic carbocycles. The molecule has 0 saturated carbocycles. The highest BCUT2D eigenvalue weighted by Gasteiger charge is 2.24. The number of imidazole rings is 1. The van der Waals surface area contributed by atoms with Crippen LogP contribution in [0.2, 0.25) is 0 Å². The molecule has 0 amide bonds. The van der Waals surface area contributed by atoms with Crippen LogP contribution in [-0.4, -0.2) is 25.3 Å². The average molecular weight is 412 g/mol. The fourth-order valence-corrected chi connectivity index (χ4v) is 3.40. The number of rotatable bonds is 6. The molecule has 0 saturated heterocycles. The summed E-state index contributed by atoms with van der Waals surface area (Å²) < 4.78 is 34.8. The number of aromatic nitrogens is 4. The number of aryl methyl sites for hydroxylation is 1. The van der Waals surface area contributed by atoms with Gasteiger partial charge in [0.2, 0.25) is 5.43 Å². The van der Waals surface area contributed by atoms with Crippen molar-refractivity contribution in [2.24, 2.45) is 0 Å². The van der Waals surface area contributed by atoms with Crippen molar-refractivity contribution in [3.63, 3.8) is 0 Å². The van der Waals surface area contributed by atoms with Gasteiger partial charge >= 0.3 is 12.5 Å².